The minimum atomic E-state index is -3.69. The Morgan fingerprint density at radius 3 is 2.68 bits per heavy atom. The Labute approximate surface area is 161 Å². The number of guanidine groups is 1. The fourth-order valence-corrected chi connectivity index (χ4v) is 4.59. The van der Waals surface area contributed by atoms with Crippen molar-refractivity contribution in [2.45, 2.75) is 25.4 Å². The Kier molecular flexibility index (Phi) is 5.45. The van der Waals surface area contributed by atoms with E-state index in [4.69, 9.17) is 0 Å². The quantitative estimate of drug-likeness (QED) is 0.539. The fraction of sp³-hybridized carbons (Fsp3) is 0.412. The molecule has 1 N–H and O–H groups in total. The van der Waals surface area contributed by atoms with Crippen LogP contribution in [0.15, 0.2) is 29.3 Å². The van der Waals surface area contributed by atoms with Crippen LogP contribution in [0.4, 0.5) is 4.39 Å². The second kappa shape index (κ2) is 7.66. The molecule has 3 rings (SSSR count). The number of nitrogens with one attached hydrogen (secondary N) is 1. The average Bonchev–Trinajstić information content (AvgIpc) is 2.66. The highest BCUT2D eigenvalue weighted by Crippen LogP contribution is 2.19. The maximum absolute atomic E-state index is 13.7. The molecule has 0 saturated carbocycles. The van der Waals surface area contributed by atoms with E-state index >= 15 is 0 Å². The van der Waals surface area contributed by atoms with Crippen LogP contribution in [-0.4, -0.2) is 66.6 Å². The number of carbonyl (C=O) groups is 3. The highest BCUT2D eigenvalue weighted by molar-refractivity contribution is 7.89. The summed E-state index contributed by atoms with van der Waals surface area (Å²) < 4.78 is 39.3. The van der Waals surface area contributed by atoms with Gasteiger partial charge in [-0.05, 0) is 18.9 Å². The normalized spacial score (nSPS) is 22.1. The average molecular weight is 410 g/mol. The first-order chi connectivity index (χ1) is 13.2. The first-order valence-electron chi connectivity index (χ1n) is 8.63. The van der Waals surface area contributed by atoms with Crippen molar-refractivity contribution >= 4 is 33.6 Å². The van der Waals surface area contributed by atoms with Crippen molar-refractivity contribution in [1.82, 2.24) is 14.5 Å². The van der Waals surface area contributed by atoms with E-state index in [0.717, 1.165) is 9.21 Å². The first-order valence-corrected chi connectivity index (χ1v) is 10.2. The molecule has 1 unspecified atom stereocenters. The molecule has 0 aromatic heterocycles. The predicted octanol–water partition coefficient (Wildman–Crippen LogP) is -0.367. The minimum Gasteiger partial charge on any atom is -0.350 e. The Hall–Kier alpha value is -2.82. The van der Waals surface area contributed by atoms with Gasteiger partial charge in [-0.1, -0.05) is 18.2 Å². The number of sulfonamides is 1. The number of carbonyl (C=O) groups excluding carboxylic acids is 3. The monoisotopic (exact) mass is 410 g/mol. The molecular formula is C17H19FN4O5S. The molecule has 2 aliphatic rings. The van der Waals surface area contributed by atoms with Crippen molar-refractivity contribution in [3.63, 3.8) is 0 Å². The van der Waals surface area contributed by atoms with Gasteiger partial charge in [0.2, 0.25) is 16.0 Å². The maximum atomic E-state index is 13.7. The zero-order chi connectivity index (χ0) is 20.5. The van der Waals surface area contributed by atoms with Gasteiger partial charge in [0.25, 0.3) is 17.6 Å². The van der Waals surface area contributed by atoms with Crippen molar-refractivity contribution in [2.75, 3.05) is 19.3 Å². The third kappa shape index (κ3) is 3.75. The summed E-state index contributed by atoms with van der Waals surface area (Å²) in [6.45, 7) is -0.0945. The lowest BCUT2D eigenvalue weighted by atomic mass is 10.1. The lowest BCUT2D eigenvalue weighted by Crippen LogP contribution is -2.58. The van der Waals surface area contributed by atoms with E-state index in [0.29, 0.717) is 12.8 Å². The van der Waals surface area contributed by atoms with Gasteiger partial charge < -0.3 is 5.32 Å². The summed E-state index contributed by atoms with van der Waals surface area (Å²) in [6, 6.07) is 4.06. The van der Waals surface area contributed by atoms with Crippen molar-refractivity contribution in [3.8, 4) is 0 Å². The number of benzene rings is 1. The van der Waals surface area contributed by atoms with Crippen LogP contribution in [0.5, 0.6) is 0 Å². The van der Waals surface area contributed by atoms with Gasteiger partial charge in [0.05, 0.1) is 5.75 Å². The summed E-state index contributed by atoms with van der Waals surface area (Å²) in [4.78, 5) is 41.7. The predicted molar refractivity (Wildman–Crippen MR) is 97.0 cm³/mol. The van der Waals surface area contributed by atoms with Gasteiger partial charge in [-0.25, -0.2) is 22.1 Å². The Morgan fingerprint density at radius 2 is 2.00 bits per heavy atom. The van der Waals surface area contributed by atoms with Crippen LogP contribution >= 0.6 is 0 Å². The molecule has 2 heterocycles. The first kappa shape index (κ1) is 19.9. The molecule has 28 heavy (non-hydrogen) atoms. The van der Waals surface area contributed by atoms with Crippen LogP contribution in [0.2, 0.25) is 0 Å². The Morgan fingerprint density at radius 1 is 1.29 bits per heavy atom. The number of rotatable bonds is 3. The molecule has 1 aromatic rings. The van der Waals surface area contributed by atoms with Crippen molar-refractivity contribution < 1.29 is 27.2 Å². The third-order valence-electron chi connectivity index (χ3n) is 4.54. The van der Waals surface area contributed by atoms with E-state index in [1.165, 1.54) is 25.2 Å². The summed E-state index contributed by atoms with van der Waals surface area (Å²) in [5, 5.41) is 2.37. The zero-order valence-electron chi connectivity index (χ0n) is 15.1. The van der Waals surface area contributed by atoms with E-state index < -0.39 is 39.5 Å². The molecule has 0 aliphatic carbocycles. The lowest BCUT2D eigenvalue weighted by molar-refractivity contribution is -0.145. The topological polar surface area (TPSA) is 116 Å². The number of Topliss-reactive ketones (excluding diaryl/α,β-unsaturated/α-hetero) is 1. The van der Waals surface area contributed by atoms with Gasteiger partial charge >= 0.3 is 0 Å². The molecule has 1 atom stereocenters. The van der Waals surface area contributed by atoms with Crippen LogP contribution < -0.4 is 5.32 Å². The Bertz CT molecular complexity index is 962. The number of halogens is 1. The second-order valence-electron chi connectivity index (χ2n) is 6.46. The summed E-state index contributed by atoms with van der Waals surface area (Å²) in [5.41, 5.74) is 0.199. The SMILES string of the molecule is CN1C(=O)C(=O)C(C(=O)NCc2ccccc2F)N=C1N1CCCCS1(=O)=O. The lowest BCUT2D eigenvalue weighted by Gasteiger charge is -2.35. The molecule has 0 bridgehead atoms. The number of likely N-dealkylation sites (N-methyl/N-ethyl adjacent to an activating group) is 1. The highest BCUT2D eigenvalue weighted by Gasteiger charge is 2.43. The van der Waals surface area contributed by atoms with Crippen molar-refractivity contribution in [1.29, 1.82) is 0 Å². The minimum absolute atomic E-state index is 0.105. The van der Waals surface area contributed by atoms with Gasteiger partial charge in [0.15, 0.2) is 6.04 Å². The van der Waals surface area contributed by atoms with Gasteiger partial charge in [-0.2, -0.15) is 0 Å². The molecule has 1 fully saturated rings. The molecule has 1 aromatic carbocycles. The van der Waals surface area contributed by atoms with E-state index in [-0.39, 0.29) is 30.4 Å². The summed E-state index contributed by atoms with van der Waals surface area (Å²) in [6.07, 6.45) is 1.05. The standard InChI is InChI=1S/C17H19FN4O5S/c1-21-16(25)14(23)13(15(24)19-10-11-6-2-3-7-12(11)18)20-17(21)22-8-4-5-9-28(22,26)27/h2-3,6-7,13H,4-5,8-10H2,1H3,(H,19,24). The van der Waals surface area contributed by atoms with Crippen LogP contribution in [-0.2, 0) is 31.0 Å². The van der Waals surface area contributed by atoms with E-state index in [1.54, 1.807) is 6.07 Å². The van der Waals surface area contributed by atoms with Crippen LogP contribution in [0.1, 0.15) is 18.4 Å². The van der Waals surface area contributed by atoms with Gasteiger partial charge in [-0.3, -0.25) is 19.3 Å². The van der Waals surface area contributed by atoms with Crippen LogP contribution in [0.3, 0.4) is 0 Å². The van der Waals surface area contributed by atoms with Crippen LogP contribution in [0.25, 0.3) is 0 Å². The number of nitrogens with zero attached hydrogens (tertiary/aromatic N) is 3. The number of ketones is 1. The second-order valence-corrected chi connectivity index (χ2v) is 8.48. The number of amides is 2. The largest absolute Gasteiger partial charge is 0.350 e. The zero-order valence-corrected chi connectivity index (χ0v) is 15.9. The number of hydrogen-bond donors (Lipinski definition) is 1. The molecule has 0 radical (unpaired) electrons. The van der Waals surface area contributed by atoms with Gasteiger partial charge in [-0.15, -0.1) is 0 Å². The molecule has 0 spiro atoms. The summed E-state index contributed by atoms with van der Waals surface area (Å²) in [5.74, 6) is -3.90. The summed E-state index contributed by atoms with van der Waals surface area (Å²) in [7, 11) is -2.46. The fourth-order valence-electron chi connectivity index (χ4n) is 2.98. The smallest absolute Gasteiger partial charge is 0.299 e. The van der Waals surface area contributed by atoms with Gasteiger partial charge in [0.1, 0.15) is 5.82 Å². The van der Waals surface area contributed by atoms with E-state index in [9.17, 15) is 27.2 Å². The maximum Gasteiger partial charge on any atom is 0.299 e. The highest BCUT2D eigenvalue weighted by atomic mass is 32.2. The molecule has 1 saturated heterocycles. The third-order valence-corrected chi connectivity index (χ3v) is 6.36. The van der Waals surface area contributed by atoms with Crippen LogP contribution in [0, 0.1) is 5.82 Å². The number of hydrogen-bond acceptors (Lipinski definition) is 6. The summed E-state index contributed by atoms with van der Waals surface area (Å²) >= 11 is 0. The van der Waals surface area contributed by atoms with Gasteiger partial charge in [0, 0.05) is 25.7 Å². The Balaban J connectivity index is 1.85. The molecule has 150 valence electrons. The molecule has 9 nitrogen and oxygen atoms in total. The molecule has 2 aliphatic heterocycles. The molecular weight excluding hydrogens is 391 g/mol. The molecule has 11 heteroatoms. The van der Waals surface area contributed by atoms with E-state index in [1.807, 2.05) is 0 Å². The van der Waals surface area contributed by atoms with E-state index in [2.05, 4.69) is 10.3 Å². The van der Waals surface area contributed by atoms with Crippen molar-refractivity contribution in [2.24, 2.45) is 4.99 Å². The van der Waals surface area contributed by atoms with Crippen molar-refractivity contribution in [3.05, 3.63) is 35.6 Å². The number of aliphatic imine (C=N–C) groups is 1. The molecule has 2 amide bonds.